The number of carbonyl (C=O) groups is 2. The van der Waals surface area contributed by atoms with E-state index in [0.717, 1.165) is 25.8 Å². The lowest BCUT2D eigenvalue weighted by Gasteiger charge is -2.31. The molecule has 0 spiro atoms. The third-order valence-corrected chi connectivity index (χ3v) is 5.11. The van der Waals surface area contributed by atoms with Gasteiger partial charge in [-0.05, 0) is 56.5 Å². The van der Waals surface area contributed by atoms with Gasteiger partial charge in [0.1, 0.15) is 6.04 Å². The zero-order valence-corrected chi connectivity index (χ0v) is 15.9. The molecule has 1 heterocycles. The highest BCUT2D eigenvalue weighted by Crippen LogP contribution is 2.14. The van der Waals surface area contributed by atoms with Crippen LogP contribution < -0.4 is 16.0 Å². The van der Waals surface area contributed by atoms with Gasteiger partial charge in [-0.25, -0.2) is 0 Å². The van der Waals surface area contributed by atoms with Crippen molar-refractivity contribution < 1.29 is 9.59 Å². The maximum absolute atomic E-state index is 12.8. The fraction of sp³-hybridized carbons (Fsp3) is 0.579. The summed E-state index contributed by atoms with van der Waals surface area (Å²) < 4.78 is 0. The van der Waals surface area contributed by atoms with Crippen molar-refractivity contribution >= 4 is 23.4 Å². The lowest BCUT2D eigenvalue weighted by Crippen LogP contribution is -2.55. The number of amides is 2. The molecule has 25 heavy (non-hydrogen) atoms. The molecule has 1 saturated heterocycles. The smallest absolute Gasteiger partial charge is 0.251 e. The fourth-order valence-corrected chi connectivity index (χ4v) is 3.21. The summed E-state index contributed by atoms with van der Waals surface area (Å²) in [5.74, 6) is -0.304. The zero-order chi connectivity index (χ0) is 18.4. The van der Waals surface area contributed by atoms with Gasteiger partial charge in [-0.2, -0.15) is 0 Å². The van der Waals surface area contributed by atoms with E-state index in [-0.39, 0.29) is 23.8 Å². The minimum Gasteiger partial charge on any atom is -0.351 e. The van der Waals surface area contributed by atoms with Gasteiger partial charge in [-0.1, -0.05) is 31.9 Å². The van der Waals surface area contributed by atoms with Crippen molar-refractivity contribution in [2.45, 2.75) is 58.2 Å². The Labute approximate surface area is 154 Å². The van der Waals surface area contributed by atoms with Gasteiger partial charge < -0.3 is 16.0 Å². The first kappa shape index (κ1) is 19.7. The van der Waals surface area contributed by atoms with Crippen LogP contribution in [0.4, 0.5) is 0 Å². The SMILES string of the molecule is CCC(C)C(NC(=O)c1ccc(Cl)cc1)C(=O)NC1CCNC(C)C1. The first-order valence-electron chi connectivity index (χ1n) is 9.00. The highest BCUT2D eigenvalue weighted by molar-refractivity contribution is 6.30. The van der Waals surface area contributed by atoms with E-state index in [2.05, 4.69) is 22.9 Å². The highest BCUT2D eigenvalue weighted by atomic mass is 35.5. The standard InChI is InChI=1S/C19H28ClN3O2/c1-4-12(2)17(19(25)22-16-9-10-21-13(3)11-16)23-18(24)14-5-7-15(20)8-6-14/h5-8,12-13,16-17,21H,4,9-11H2,1-3H3,(H,22,25)(H,23,24). The number of hydrogen-bond donors (Lipinski definition) is 3. The summed E-state index contributed by atoms with van der Waals surface area (Å²) in [6, 6.07) is 6.68. The Morgan fingerprint density at radius 1 is 1.32 bits per heavy atom. The Bertz CT molecular complexity index is 591. The molecule has 4 unspecified atom stereocenters. The molecule has 5 nitrogen and oxygen atoms in total. The Morgan fingerprint density at radius 2 is 2.00 bits per heavy atom. The Kier molecular flexibility index (Phi) is 7.26. The zero-order valence-electron chi connectivity index (χ0n) is 15.1. The summed E-state index contributed by atoms with van der Waals surface area (Å²) in [5.41, 5.74) is 0.501. The molecule has 138 valence electrons. The monoisotopic (exact) mass is 365 g/mol. The number of hydrogen-bond acceptors (Lipinski definition) is 3. The molecule has 0 aromatic heterocycles. The van der Waals surface area contributed by atoms with Gasteiger partial charge in [0.2, 0.25) is 5.91 Å². The predicted molar refractivity (Wildman–Crippen MR) is 101 cm³/mol. The minimum absolute atomic E-state index is 0.0513. The molecule has 4 atom stereocenters. The maximum atomic E-state index is 12.8. The van der Waals surface area contributed by atoms with Crippen LogP contribution in [0.5, 0.6) is 0 Å². The first-order chi connectivity index (χ1) is 11.9. The van der Waals surface area contributed by atoms with E-state index in [1.807, 2.05) is 13.8 Å². The fourth-order valence-electron chi connectivity index (χ4n) is 3.08. The van der Waals surface area contributed by atoms with Crippen LogP contribution in [0.2, 0.25) is 5.02 Å². The normalized spacial score (nSPS) is 22.7. The van der Waals surface area contributed by atoms with Crippen molar-refractivity contribution in [1.29, 1.82) is 0 Å². The van der Waals surface area contributed by atoms with Gasteiger partial charge >= 0.3 is 0 Å². The van der Waals surface area contributed by atoms with Gasteiger partial charge in [-0.3, -0.25) is 9.59 Å². The molecular formula is C19H28ClN3O2. The van der Waals surface area contributed by atoms with E-state index in [1.54, 1.807) is 24.3 Å². The maximum Gasteiger partial charge on any atom is 0.251 e. The van der Waals surface area contributed by atoms with Crippen molar-refractivity contribution in [1.82, 2.24) is 16.0 Å². The summed E-state index contributed by atoms with van der Waals surface area (Å²) in [6.45, 7) is 7.02. The van der Waals surface area contributed by atoms with Crippen molar-refractivity contribution in [3.63, 3.8) is 0 Å². The van der Waals surface area contributed by atoms with Gasteiger partial charge in [0, 0.05) is 22.7 Å². The predicted octanol–water partition coefficient (Wildman–Crippen LogP) is 2.74. The minimum atomic E-state index is -0.543. The van der Waals surface area contributed by atoms with E-state index in [1.165, 1.54) is 0 Å². The second kappa shape index (κ2) is 9.20. The van der Waals surface area contributed by atoms with Crippen LogP contribution in [0, 0.1) is 5.92 Å². The molecule has 0 saturated carbocycles. The van der Waals surface area contributed by atoms with Crippen LogP contribution in [0.3, 0.4) is 0 Å². The molecule has 0 aliphatic carbocycles. The lowest BCUT2D eigenvalue weighted by atomic mass is 9.95. The molecule has 6 heteroatoms. The number of benzene rings is 1. The molecular weight excluding hydrogens is 338 g/mol. The number of halogens is 1. The second-order valence-corrected chi connectivity index (χ2v) is 7.37. The molecule has 2 amide bonds. The van der Waals surface area contributed by atoms with E-state index in [0.29, 0.717) is 16.6 Å². The van der Waals surface area contributed by atoms with Crippen LogP contribution in [-0.2, 0) is 4.79 Å². The second-order valence-electron chi connectivity index (χ2n) is 6.93. The van der Waals surface area contributed by atoms with E-state index in [9.17, 15) is 9.59 Å². The summed E-state index contributed by atoms with van der Waals surface area (Å²) in [5, 5.41) is 9.96. The average molecular weight is 366 g/mol. The molecule has 1 aliphatic rings. The average Bonchev–Trinajstić information content (AvgIpc) is 2.59. The third-order valence-electron chi connectivity index (χ3n) is 4.86. The summed E-state index contributed by atoms with van der Waals surface area (Å²) in [7, 11) is 0. The summed E-state index contributed by atoms with van der Waals surface area (Å²) in [6.07, 6.45) is 2.63. The molecule has 0 bridgehead atoms. The van der Waals surface area contributed by atoms with E-state index < -0.39 is 6.04 Å². The van der Waals surface area contributed by atoms with Crippen LogP contribution in [0.15, 0.2) is 24.3 Å². The molecule has 1 aromatic rings. The molecule has 1 aliphatic heterocycles. The number of carbonyl (C=O) groups excluding carboxylic acids is 2. The van der Waals surface area contributed by atoms with Gasteiger partial charge in [-0.15, -0.1) is 0 Å². The molecule has 1 fully saturated rings. The quantitative estimate of drug-likeness (QED) is 0.726. The summed E-state index contributed by atoms with van der Waals surface area (Å²) >= 11 is 5.86. The van der Waals surface area contributed by atoms with Gasteiger partial charge in [0.15, 0.2) is 0 Å². The first-order valence-corrected chi connectivity index (χ1v) is 9.38. The number of rotatable bonds is 6. The Hall–Kier alpha value is -1.59. The van der Waals surface area contributed by atoms with E-state index >= 15 is 0 Å². The van der Waals surface area contributed by atoms with Crippen molar-refractivity contribution in [2.24, 2.45) is 5.92 Å². The van der Waals surface area contributed by atoms with Crippen LogP contribution in [-0.4, -0.2) is 36.5 Å². The van der Waals surface area contributed by atoms with Crippen molar-refractivity contribution in [3.05, 3.63) is 34.9 Å². The molecule has 0 radical (unpaired) electrons. The summed E-state index contributed by atoms with van der Waals surface area (Å²) in [4.78, 5) is 25.3. The molecule has 2 rings (SSSR count). The molecule has 1 aromatic carbocycles. The molecule has 3 N–H and O–H groups in total. The highest BCUT2D eigenvalue weighted by Gasteiger charge is 2.29. The third kappa shape index (κ3) is 5.72. The van der Waals surface area contributed by atoms with E-state index in [4.69, 9.17) is 11.6 Å². The topological polar surface area (TPSA) is 70.2 Å². The lowest BCUT2D eigenvalue weighted by molar-refractivity contribution is -0.125. The number of piperidine rings is 1. The van der Waals surface area contributed by atoms with Gasteiger partial charge in [0.25, 0.3) is 5.91 Å². The van der Waals surface area contributed by atoms with Crippen LogP contribution in [0.25, 0.3) is 0 Å². The number of nitrogens with one attached hydrogen (secondary N) is 3. The Morgan fingerprint density at radius 3 is 2.60 bits per heavy atom. The largest absolute Gasteiger partial charge is 0.351 e. The van der Waals surface area contributed by atoms with Crippen LogP contribution >= 0.6 is 11.6 Å². The van der Waals surface area contributed by atoms with Crippen LogP contribution in [0.1, 0.15) is 50.4 Å². The van der Waals surface area contributed by atoms with Gasteiger partial charge in [0.05, 0.1) is 0 Å². The Balaban J connectivity index is 2.03. The van der Waals surface area contributed by atoms with Crippen molar-refractivity contribution in [2.75, 3.05) is 6.54 Å². The van der Waals surface area contributed by atoms with Crippen molar-refractivity contribution in [3.8, 4) is 0 Å².